The van der Waals surface area contributed by atoms with Gasteiger partial charge in [0, 0.05) is 11.6 Å². The van der Waals surface area contributed by atoms with E-state index >= 15 is 0 Å². The van der Waals surface area contributed by atoms with Crippen molar-refractivity contribution in [3.05, 3.63) is 71.5 Å². The van der Waals surface area contributed by atoms with Gasteiger partial charge in [-0.3, -0.25) is 9.36 Å². The standard InChI is InChI=1S/C23H25ClN4O3S/c1-5-12-28-22(16(3)31-18-9-6-15(2)7-10-18)26-27-23(28)32-14-21(29)25-19-13-17(24)8-11-20(19)30-4/h5-11,13,16H,1,12,14H2,2-4H3,(H,25,29). The lowest BCUT2D eigenvalue weighted by Gasteiger charge is -2.16. The molecule has 2 aromatic carbocycles. The van der Waals surface area contributed by atoms with Gasteiger partial charge in [-0.25, -0.2) is 0 Å². The normalized spacial score (nSPS) is 11.6. The minimum atomic E-state index is -0.330. The van der Waals surface area contributed by atoms with Gasteiger partial charge in [0.25, 0.3) is 0 Å². The molecule has 0 aliphatic carbocycles. The quantitative estimate of drug-likeness (QED) is 0.318. The first-order valence-corrected chi connectivity index (χ1v) is 11.3. The summed E-state index contributed by atoms with van der Waals surface area (Å²) in [5, 5.41) is 12.5. The Kier molecular flexibility index (Phi) is 8.19. The minimum Gasteiger partial charge on any atom is -0.495 e. The van der Waals surface area contributed by atoms with Crippen LogP contribution >= 0.6 is 23.4 Å². The van der Waals surface area contributed by atoms with Crippen LogP contribution in [0.25, 0.3) is 0 Å². The smallest absolute Gasteiger partial charge is 0.234 e. The molecular formula is C23H25ClN4O3S. The number of rotatable bonds is 10. The molecular weight excluding hydrogens is 448 g/mol. The Morgan fingerprint density at radius 2 is 2.03 bits per heavy atom. The van der Waals surface area contributed by atoms with Crippen LogP contribution in [0.15, 0.2) is 60.3 Å². The number of ether oxygens (including phenoxy) is 2. The van der Waals surface area contributed by atoms with E-state index in [4.69, 9.17) is 21.1 Å². The van der Waals surface area contributed by atoms with Crippen molar-refractivity contribution in [1.29, 1.82) is 0 Å². The summed E-state index contributed by atoms with van der Waals surface area (Å²) < 4.78 is 13.2. The second-order valence-electron chi connectivity index (χ2n) is 6.99. The highest BCUT2D eigenvalue weighted by Gasteiger charge is 2.20. The van der Waals surface area contributed by atoms with Crippen LogP contribution in [-0.2, 0) is 11.3 Å². The maximum atomic E-state index is 12.5. The molecule has 0 fully saturated rings. The molecule has 1 unspecified atom stereocenters. The molecule has 9 heteroatoms. The highest BCUT2D eigenvalue weighted by atomic mass is 35.5. The Morgan fingerprint density at radius 3 is 2.72 bits per heavy atom. The topological polar surface area (TPSA) is 78.3 Å². The van der Waals surface area contributed by atoms with Crippen molar-refractivity contribution in [2.75, 3.05) is 18.2 Å². The van der Waals surface area contributed by atoms with E-state index in [1.807, 2.05) is 42.7 Å². The number of halogens is 1. The molecule has 1 amide bonds. The number of anilines is 1. The van der Waals surface area contributed by atoms with Gasteiger partial charge in [-0.1, -0.05) is 47.1 Å². The Hall–Kier alpha value is -2.97. The van der Waals surface area contributed by atoms with E-state index in [9.17, 15) is 4.79 Å². The molecule has 0 radical (unpaired) electrons. The highest BCUT2D eigenvalue weighted by molar-refractivity contribution is 7.99. The molecule has 32 heavy (non-hydrogen) atoms. The lowest BCUT2D eigenvalue weighted by Crippen LogP contribution is -2.16. The number of hydrogen-bond acceptors (Lipinski definition) is 6. The van der Waals surface area contributed by atoms with Gasteiger partial charge >= 0.3 is 0 Å². The molecule has 1 atom stereocenters. The van der Waals surface area contributed by atoms with E-state index in [1.54, 1.807) is 24.3 Å². The molecule has 1 heterocycles. The molecule has 0 aliphatic rings. The second kappa shape index (κ2) is 11.1. The number of nitrogens with zero attached hydrogens (tertiary/aromatic N) is 3. The number of nitrogens with one attached hydrogen (secondary N) is 1. The van der Waals surface area contributed by atoms with Crippen LogP contribution in [0, 0.1) is 6.92 Å². The van der Waals surface area contributed by atoms with Crippen molar-refractivity contribution in [1.82, 2.24) is 14.8 Å². The number of amides is 1. The number of aryl methyl sites for hydroxylation is 1. The summed E-state index contributed by atoms with van der Waals surface area (Å²) in [5.41, 5.74) is 1.67. The van der Waals surface area contributed by atoms with Crippen molar-refractivity contribution < 1.29 is 14.3 Å². The predicted octanol–water partition coefficient (Wildman–Crippen LogP) is 5.31. The fraction of sp³-hybridized carbons (Fsp3) is 0.261. The lowest BCUT2D eigenvalue weighted by atomic mass is 10.2. The van der Waals surface area contributed by atoms with Gasteiger partial charge in [0.05, 0.1) is 18.6 Å². The second-order valence-corrected chi connectivity index (χ2v) is 8.37. The van der Waals surface area contributed by atoms with Gasteiger partial charge in [0.2, 0.25) is 5.91 Å². The molecule has 0 spiro atoms. The molecule has 7 nitrogen and oxygen atoms in total. The Bertz CT molecular complexity index is 1090. The fourth-order valence-corrected chi connectivity index (χ4v) is 3.90. The molecule has 3 rings (SSSR count). The first kappa shape index (κ1) is 23.7. The van der Waals surface area contributed by atoms with Crippen molar-refractivity contribution in [3.8, 4) is 11.5 Å². The average Bonchev–Trinajstić information content (AvgIpc) is 3.17. The maximum absolute atomic E-state index is 12.5. The molecule has 0 saturated heterocycles. The van der Waals surface area contributed by atoms with E-state index in [1.165, 1.54) is 18.9 Å². The third-order valence-corrected chi connectivity index (χ3v) is 5.72. The molecule has 0 bridgehead atoms. The van der Waals surface area contributed by atoms with Crippen LogP contribution in [0.1, 0.15) is 24.4 Å². The third kappa shape index (κ3) is 6.05. The summed E-state index contributed by atoms with van der Waals surface area (Å²) in [7, 11) is 1.53. The van der Waals surface area contributed by atoms with E-state index in [0.717, 1.165) is 11.3 Å². The molecule has 1 N–H and O–H groups in total. The summed E-state index contributed by atoms with van der Waals surface area (Å²) in [6, 6.07) is 12.9. The summed E-state index contributed by atoms with van der Waals surface area (Å²) in [4.78, 5) is 12.5. The maximum Gasteiger partial charge on any atom is 0.234 e. The van der Waals surface area contributed by atoms with E-state index in [2.05, 4.69) is 22.1 Å². The molecule has 0 aliphatic heterocycles. The molecule has 168 valence electrons. The van der Waals surface area contributed by atoms with Crippen LogP contribution in [0.3, 0.4) is 0 Å². The highest BCUT2D eigenvalue weighted by Crippen LogP contribution is 2.29. The number of carbonyl (C=O) groups excluding carboxylic acids is 1. The third-order valence-electron chi connectivity index (χ3n) is 4.52. The fourth-order valence-electron chi connectivity index (χ4n) is 2.98. The molecule has 0 saturated carbocycles. The van der Waals surface area contributed by atoms with Crippen LogP contribution in [-0.4, -0.2) is 33.5 Å². The number of carbonyl (C=O) groups is 1. The molecule has 1 aromatic heterocycles. The minimum absolute atomic E-state index is 0.137. The predicted molar refractivity (Wildman–Crippen MR) is 128 cm³/mol. The number of allylic oxidation sites excluding steroid dienone is 1. The Morgan fingerprint density at radius 1 is 1.28 bits per heavy atom. The summed E-state index contributed by atoms with van der Waals surface area (Å²) in [6.45, 7) is 8.25. The number of benzene rings is 2. The summed E-state index contributed by atoms with van der Waals surface area (Å²) in [6.07, 6.45) is 1.43. The van der Waals surface area contributed by atoms with Crippen LogP contribution in [0.5, 0.6) is 11.5 Å². The number of methoxy groups -OCH3 is 1. The Balaban J connectivity index is 1.68. The van der Waals surface area contributed by atoms with Gasteiger partial charge in [-0.2, -0.15) is 0 Å². The van der Waals surface area contributed by atoms with Gasteiger partial charge in [0.15, 0.2) is 17.1 Å². The SMILES string of the molecule is C=CCn1c(SCC(=O)Nc2cc(Cl)ccc2OC)nnc1C(C)Oc1ccc(C)cc1. The van der Waals surface area contributed by atoms with Gasteiger partial charge < -0.3 is 14.8 Å². The van der Waals surface area contributed by atoms with Crippen LogP contribution in [0.4, 0.5) is 5.69 Å². The van der Waals surface area contributed by atoms with E-state index in [0.29, 0.717) is 34.0 Å². The lowest BCUT2D eigenvalue weighted by molar-refractivity contribution is -0.113. The summed E-state index contributed by atoms with van der Waals surface area (Å²) >= 11 is 7.31. The van der Waals surface area contributed by atoms with Crippen molar-refractivity contribution in [2.24, 2.45) is 0 Å². The van der Waals surface area contributed by atoms with Crippen molar-refractivity contribution >= 4 is 35.0 Å². The largest absolute Gasteiger partial charge is 0.495 e. The summed E-state index contributed by atoms with van der Waals surface area (Å²) in [5.74, 6) is 1.87. The van der Waals surface area contributed by atoms with Crippen LogP contribution < -0.4 is 14.8 Å². The first-order valence-electron chi connectivity index (χ1n) is 9.94. The van der Waals surface area contributed by atoms with Crippen molar-refractivity contribution in [2.45, 2.75) is 31.7 Å². The van der Waals surface area contributed by atoms with E-state index < -0.39 is 0 Å². The molecule has 3 aromatic rings. The Labute approximate surface area is 196 Å². The van der Waals surface area contributed by atoms with Gasteiger partial charge in [-0.15, -0.1) is 16.8 Å². The van der Waals surface area contributed by atoms with Gasteiger partial charge in [-0.05, 0) is 44.2 Å². The number of thioether (sulfide) groups is 1. The number of hydrogen-bond donors (Lipinski definition) is 1. The first-order chi connectivity index (χ1) is 15.4. The zero-order valence-electron chi connectivity index (χ0n) is 18.2. The van der Waals surface area contributed by atoms with E-state index in [-0.39, 0.29) is 17.8 Å². The number of aromatic nitrogens is 3. The van der Waals surface area contributed by atoms with Gasteiger partial charge in [0.1, 0.15) is 11.5 Å². The average molecular weight is 473 g/mol. The zero-order chi connectivity index (χ0) is 23.1. The monoisotopic (exact) mass is 472 g/mol. The van der Waals surface area contributed by atoms with Crippen LogP contribution in [0.2, 0.25) is 5.02 Å². The zero-order valence-corrected chi connectivity index (χ0v) is 19.7. The van der Waals surface area contributed by atoms with Crippen molar-refractivity contribution in [3.63, 3.8) is 0 Å².